The molecule has 0 aromatic heterocycles. The monoisotopic (exact) mass is 140 g/mol. The fourth-order valence-corrected chi connectivity index (χ4v) is 1.17. The molecule has 1 rings (SSSR count). The van der Waals surface area contributed by atoms with E-state index in [-0.39, 0.29) is 0 Å². The van der Waals surface area contributed by atoms with Gasteiger partial charge in [0.1, 0.15) is 0 Å². The van der Waals surface area contributed by atoms with Crippen molar-refractivity contribution in [1.82, 2.24) is 10.9 Å². The van der Waals surface area contributed by atoms with Gasteiger partial charge < -0.3 is 0 Å². The third-order valence-corrected chi connectivity index (χ3v) is 1.72. The van der Waals surface area contributed by atoms with E-state index in [0.717, 1.165) is 6.54 Å². The van der Waals surface area contributed by atoms with E-state index in [9.17, 15) is 0 Å². The number of nitrogens with one attached hydrogen (secondary N) is 2. The maximum Gasteiger partial charge on any atom is 0.0392 e. The summed E-state index contributed by atoms with van der Waals surface area (Å²) in [6.07, 6.45) is 8.33. The Kier molecular flexibility index (Phi) is 3.47. The zero-order valence-corrected chi connectivity index (χ0v) is 6.56. The lowest BCUT2D eigenvalue weighted by Crippen LogP contribution is -2.40. The molecule has 2 nitrogen and oxygen atoms in total. The first-order valence-corrected chi connectivity index (χ1v) is 4.08. The van der Waals surface area contributed by atoms with Crippen molar-refractivity contribution in [3.05, 3.63) is 12.2 Å². The molecule has 1 aliphatic rings. The Balaban J connectivity index is 2.13. The Labute approximate surface area is 62.7 Å². The third kappa shape index (κ3) is 2.50. The summed E-state index contributed by atoms with van der Waals surface area (Å²) in [5.41, 5.74) is 6.35. The average Bonchev–Trinajstić information content (AvgIpc) is 2.03. The van der Waals surface area contributed by atoms with Gasteiger partial charge >= 0.3 is 0 Å². The molecular weight excluding hydrogens is 124 g/mol. The molecule has 1 aliphatic carbocycles. The van der Waals surface area contributed by atoms with Gasteiger partial charge in [0.15, 0.2) is 0 Å². The van der Waals surface area contributed by atoms with Crippen molar-refractivity contribution >= 4 is 0 Å². The normalized spacial score (nSPS) is 25.1. The van der Waals surface area contributed by atoms with Gasteiger partial charge in [-0.1, -0.05) is 19.1 Å². The van der Waals surface area contributed by atoms with Gasteiger partial charge in [-0.25, -0.2) is 0 Å². The van der Waals surface area contributed by atoms with Crippen LogP contribution in [0.25, 0.3) is 0 Å². The highest BCUT2D eigenvalue weighted by molar-refractivity contribution is 4.96. The molecule has 10 heavy (non-hydrogen) atoms. The molecule has 0 bridgehead atoms. The van der Waals surface area contributed by atoms with E-state index < -0.39 is 0 Å². The van der Waals surface area contributed by atoms with Gasteiger partial charge in [-0.3, -0.25) is 10.9 Å². The van der Waals surface area contributed by atoms with Crippen LogP contribution in [-0.4, -0.2) is 12.6 Å². The highest BCUT2D eigenvalue weighted by Crippen LogP contribution is 2.08. The fourth-order valence-electron chi connectivity index (χ4n) is 1.17. The van der Waals surface area contributed by atoms with Gasteiger partial charge in [0.05, 0.1) is 0 Å². The fraction of sp³-hybridized carbons (Fsp3) is 0.750. The minimum atomic E-state index is 0.564. The van der Waals surface area contributed by atoms with E-state index in [2.05, 4.69) is 29.9 Å². The quantitative estimate of drug-likeness (QED) is 0.455. The van der Waals surface area contributed by atoms with Crippen LogP contribution < -0.4 is 10.9 Å². The molecule has 0 aliphatic heterocycles. The largest absolute Gasteiger partial charge is 0.258 e. The second-order valence-corrected chi connectivity index (χ2v) is 2.64. The van der Waals surface area contributed by atoms with Crippen LogP contribution in [0.1, 0.15) is 26.2 Å². The van der Waals surface area contributed by atoms with Crippen LogP contribution in [-0.2, 0) is 0 Å². The van der Waals surface area contributed by atoms with Crippen LogP contribution in [0.15, 0.2) is 12.2 Å². The summed E-state index contributed by atoms with van der Waals surface area (Å²) in [5, 5.41) is 0. The van der Waals surface area contributed by atoms with E-state index in [1.807, 2.05) is 0 Å². The predicted octanol–water partition coefficient (Wildman–Crippen LogP) is 1.21. The number of rotatable bonds is 3. The van der Waals surface area contributed by atoms with Crippen LogP contribution in [0.5, 0.6) is 0 Å². The van der Waals surface area contributed by atoms with E-state index in [1.165, 1.54) is 19.3 Å². The summed E-state index contributed by atoms with van der Waals surface area (Å²) in [6, 6.07) is 0.564. The van der Waals surface area contributed by atoms with Gasteiger partial charge in [-0.15, -0.1) is 0 Å². The van der Waals surface area contributed by atoms with Crippen molar-refractivity contribution in [2.75, 3.05) is 6.54 Å². The van der Waals surface area contributed by atoms with E-state index in [0.29, 0.717) is 6.04 Å². The topological polar surface area (TPSA) is 24.1 Å². The molecule has 0 radical (unpaired) electrons. The zero-order valence-electron chi connectivity index (χ0n) is 6.56. The van der Waals surface area contributed by atoms with E-state index in [4.69, 9.17) is 0 Å². The van der Waals surface area contributed by atoms with Crippen molar-refractivity contribution in [3.8, 4) is 0 Å². The highest BCUT2D eigenvalue weighted by Gasteiger charge is 2.05. The summed E-state index contributed by atoms with van der Waals surface area (Å²) >= 11 is 0. The van der Waals surface area contributed by atoms with Gasteiger partial charge in [0, 0.05) is 12.6 Å². The van der Waals surface area contributed by atoms with Crippen LogP contribution in [0, 0.1) is 0 Å². The molecule has 58 valence electrons. The Bertz CT molecular complexity index is 110. The molecule has 0 fully saturated rings. The van der Waals surface area contributed by atoms with Gasteiger partial charge in [0.2, 0.25) is 0 Å². The number of allylic oxidation sites excluding steroid dienone is 1. The average molecular weight is 140 g/mol. The van der Waals surface area contributed by atoms with Crippen LogP contribution >= 0.6 is 0 Å². The molecule has 0 saturated heterocycles. The summed E-state index contributed by atoms with van der Waals surface area (Å²) in [4.78, 5) is 0. The van der Waals surface area contributed by atoms with Crippen molar-refractivity contribution in [3.63, 3.8) is 0 Å². The number of hydrogen-bond donors (Lipinski definition) is 2. The van der Waals surface area contributed by atoms with Gasteiger partial charge in [-0.05, 0) is 19.3 Å². The molecule has 0 aromatic carbocycles. The smallest absolute Gasteiger partial charge is 0.0392 e. The Morgan fingerprint density at radius 1 is 1.60 bits per heavy atom. The molecule has 0 aromatic rings. The number of hydrogen-bond acceptors (Lipinski definition) is 2. The number of hydrazine groups is 1. The van der Waals surface area contributed by atoms with E-state index >= 15 is 0 Å². The molecule has 0 amide bonds. The lowest BCUT2D eigenvalue weighted by molar-refractivity contribution is 0.452. The Morgan fingerprint density at radius 2 is 2.50 bits per heavy atom. The minimum Gasteiger partial charge on any atom is -0.258 e. The second kappa shape index (κ2) is 4.47. The lowest BCUT2D eigenvalue weighted by Gasteiger charge is -2.17. The molecule has 1 unspecified atom stereocenters. The minimum absolute atomic E-state index is 0.564. The standard InChI is InChI=1S/C8H16N2/c1-2-9-10-8-6-4-3-5-7-8/h4,6,8-10H,2-3,5,7H2,1H3. The SMILES string of the molecule is CCNNC1C=CCCC1. The molecule has 2 heteroatoms. The Hall–Kier alpha value is -0.340. The first-order valence-electron chi connectivity index (χ1n) is 4.08. The van der Waals surface area contributed by atoms with Crippen molar-refractivity contribution in [2.45, 2.75) is 32.2 Å². The Morgan fingerprint density at radius 3 is 3.10 bits per heavy atom. The van der Waals surface area contributed by atoms with Crippen molar-refractivity contribution < 1.29 is 0 Å². The summed E-state index contributed by atoms with van der Waals surface area (Å²) in [7, 11) is 0. The highest BCUT2D eigenvalue weighted by atomic mass is 15.4. The molecule has 0 spiro atoms. The third-order valence-electron chi connectivity index (χ3n) is 1.72. The first kappa shape index (κ1) is 7.76. The van der Waals surface area contributed by atoms with Gasteiger partial charge in [-0.2, -0.15) is 0 Å². The van der Waals surface area contributed by atoms with Crippen molar-refractivity contribution in [2.24, 2.45) is 0 Å². The predicted molar refractivity (Wildman–Crippen MR) is 43.6 cm³/mol. The maximum absolute atomic E-state index is 3.23. The first-order chi connectivity index (χ1) is 4.93. The van der Waals surface area contributed by atoms with Gasteiger partial charge in [0.25, 0.3) is 0 Å². The van der Waals surface area contributed by atoms with Crippen LogP contribution in [0.4, 0.5) is 0 Å². The summed E-state index contributed by atoms with van der Waals surface area (Å²) in [5.74, 6) is 0. The maximum atomic E-state index is 3.23. The molecule has 0 saturated carbocycles. The van der Waals surface area contributed by atoms with Crippen LogP contribution in [0.2, 0.25) is 0 Å². The molecule has 1 atom stereocenters. The summed E-state index contributed by atoms with van der Waals surface area (Å²) < 4.78 is 0. The van der Waals surface area contributed by atoms with E-state index in [1.54, 1.807) is 0 Å². The van der Waals surface area contributed by atoms with Crippen LogP contribution in [0.3, 0.4) is 0 Å². The molecular formula is C8H16N2. The lowest BCUT2D eigenvalue weighted by atomic mass is 10.0. The molecule has 2 N–H and O–H groups in total. The zero-order chi connectivity index (χ0) is 7.23. The molecule has 0 heterocycles. The second-order valence-electron chi connectivity index (χ2n) is 2.64. The van der Waals surface area contributed by atoms with Crippen molar-refractivity contribution in [1.29, 1.82) is 0 Å². The summed E-state index contributed by atoms with van der Waals surface area (Å²) in [6.45, 7) is 3.09.